The van der Waals surface area contributed by atoms with Crippen LogP contribution in [0.25, 0.3) is 0 Å². The summed E-state index contributed by atoms with van der Waals surface area (Å²) in [5.74, 6) is 0.958. The molecule has 0 aromatic carbocycles. The number of carbonyl (C=O) groups is 2. The van der Waals surface area contributed by atoms with Crippen LogP contribution in [-0.4, -0.2) is 42.3 Å². The zero-order chi connectivity index (χ0) is 18.4. The van der Waals surface area contributed by atoms with Crippen molar-refractivity contribution in [2.75, 3.05) is 19.6 Å². The van der Waals surface area contributed by atoms with Crippen LogP contribution in [0.2, 0.25) is 0 Å². The van der Waals surface area contributed by atoms with Gasteiger partial charge in [0.2, 0.25) is 0 Å². The fourth-order valence-corrected chi connectivity index (χ4v) is 2.84. The SMILES string of the molecule is CC(NC(=O)N1CCCC(CNC(=O)OC(C)(C)C)C1)c1ccco1. The highest BCUT2D eigenvalue weighted by atomic mass is 16.6. The van der Waals surface area contributed by atoms with Crippen LogP contribution in [0.15, 0.2) is 22.8 Å². The molecule has 0 saturated carbocycles. The van der Waals surface area contributed by atoms with Gasteiger partial charge in [0.05, 0.1) is 12.3 Å². The highest BCUT2D eigenvalue weighted by molar-refractivity contribution is 5.74. The van der Waals surface area contributed by atoms with Gasteiger partial charge in [-0.1, -0.05) is 0 Å². The van der Waals surface area contributed by atoms with E-state index in [1.165, 1.54) is 0 Å². The maximum absolute atomic E-state index is 12.4. The van der Waals surface area contributed by atoms with Gasteiger partial charge in [-0.25, -0.2) is 9.59 Å². The molecule has 1 aromatic heterocycles. The van der Waals surface area contributed by atoms with Crippen molar-refractivity contribution < 1.29 is 18.7 Å². The number of urea groups is 1. The van der Waals surface area contributed by atoms with E-state index in [1.807, 2.05) is 33.8 Å². The third-order valence-corrected chi connectivity index (χ3v) is 4.05. The van der Waals surface area contributed by atoms with E-state index >= 15 is 0 Å². The van der Waals surface area contributed by atoms with E-state index in [0.29, 0.717) is 13.1 Å². The summed E-state index contributed by atoms with van der Waals surface area (Å²) in [6.07, 6.45) is 3.08. The predicted molar refractivity (Wildman–Crippen MR) is 94.2 cm³/mol. The molecule has 1 aliphatic rings. The lowest BCUT2D eigenvalue weighted by Crippen LogP contribution is -2.48. The monoisotopic (exact) mass is 351 g/mol. The predicted octanol–water partition coefficient (Wildman–Crippen LogP) is 3.29. The van der Waals surface area contributed by atoms with Crippen LogP contribution in [0.3, 0.4) is 0 Å². The standard InChI is InChI=1S/C18H29N3O4/c1-13(15-8-6-10-24-15)20-16(22)21-9-5-7-14(12-21)11-19-17(23)25-18(2,3)4/h6,8,10,13-14H,5,7,9,11-12H2,1-4H3,(H,19,23)(H,20,22). The maximum Gasteiger partial charge on any atom is 0.407 e. The molecule has 0 aliphatic carbocycles. The van der Waals surface area contributed by atoms with Gasteiger partial charge in [0, 0.05) is 19.6 Å². The molecule has 1 aromatic rings. The number of carbonyl (C=O) groups excluding carboxylic acids is 2. The van der Waals surface area contributed by atoms with Gasteiger partial charge in [-0.3, -0.25) is 0 Å². The first-order chi connectivity index (χ1) is 11.7. The van der Waals surface area contributed by atoms with Crippen LogP contribution in [-0.2, 0) is 4.74 Å². The van der Waals surface area contributed by atoms with Crippen LogP contribution in [0.4, 0.5) is 9.59 Å². The molecule has 140 valence electrons. The second kappa shape index (κ2) is 8.27. The maximum atomic E-state index is 12.4. The lowest BCUT2D eigenvalue weighted by Gasteiger charge is -2.33. The first kappa shape index (κ1) is 19.1. The highest BCUT2D eigenvalue weighted by Crippen LogP contribution is 2.18. The molecule has 2 atom stereocenters. The van der Waals surface area contributed by atoms with Gasteiger partial charge >= 0.3 is 12.1 Å². The van der Waals surface area contributed by atoms with Gasteiger partial charge in [0.25, 0.3) is 0 Å². The molecule has 2 heterocycles. The molecule has 0 bridgehead atoms. The average molecular weight is 351 g/mol. The fraction of sp³-hybridized carbons (Fsp3) is 0.667. The number of rotatable bonds is 4. The van der Waals surface area contributed by atoms with Crippen LogP contribution < -0.4 is 10.6 Å². The third-order valence-electron chi connectivity index (χ3n) is 4.05. The summed E-state index contributed by atoms with van der Waals surface area (Å²) in [5.41, 5.74) is -0.509. The van der Waals surface area contributed by atoms with Crippen molar-refractivity contribution in [2.45, 2.75) is 52.2 Å². The Hall–Kier alpha value is -2.18. The van der Waals surface area contributed by atoms with Crippen molar-refractivity contribution in [3.05, 3.63) is 24.2 Å². The van der Waals surface area contributed by atoms with Crippen molar-refractivity contribution in [1.29, 1.82) is 0 Å². The Balaban J connectivity index is 1.78. The summed E-state index contributed by atoms with van der Waals surface area (Å²) in [5, 5.41) is 5.75. The lowest BCUT2D eigenvalue weighted by atomic mass is 9.98. The Morgan fingerprint density at radius 1 is 1.44 bits per heavy atom. The number of nitrogens with zero attached hydrogens (tertiary/aromatic N) is 1. The van der Waals surface area contributed by atoms with Gasteiger partial charge in [0.1, 0.15) is 11.4 Å². The van der Waals surface area contributed by atoms with Crippen LogP contribution in [0.5, 0.6) is 0 Å². The van der Waals surface area contributed by atoms with Gasteiger partial charge in [-0.15, -0.1) is 0 Å². The average Bonchev–Trinajstić information content (AvgIpc) is 3.06. The van der Waals surface area contributed by atoms with Crippen molar-refractivity contribution in [2.24, 2.45) is 5.92 Å². The summed E-state index contributed by atoms with van der Waals surface area (Å²) in [7, 11) is 0. The van der Waals surface area contributed by atoms with E-state index in [9.17, 15) is 9.59 Å². The molecular formula is C18H29N3O4. The van der Waals surface area contributed by atoms with Crippen molar-refractivity contribution in [3.63, 3.8) is 0 Å². The van der Waals surface area contributed by atoms with Crippen LogP contribution in [0, 0.1) is 5.92 Å². The zero-order valence-corrected chi connectivity index (χ0v) is 15.5. The van der Waals surface area contributed by atoms with E-state index in [4.69, 9.17) is 9.15 Å². The number of ether oxygens (including phenoxy) is 1. The van der Waals surface area contributed by atoms with Crippen molar-refractivity contribution in [1.82, 2.24) is 15.5 Å². The number of amides is 3. The zero-order valence-electron chi connectivity index (χ0n) is 15.5. The number of hydrogen-bond donors (Lipinski definition) is 2. The first-order valence-corrected chi connectivity index (χ1v) is 8.80. The molecule has 2 unspecified atom stereocenters. The van der Waals surface area contributed by atoms with E-state index in [1.54, 1.807) is 17.2 Å². The molecule has 3 amide bonds. The number of furan rings is 1. The van der Waals surface area contributed by atoms with E-state index in [2.05, 4.69) is 10.6 Å². The van der Waals surface area contributed by atoms with E-state index in [-0.39, 0.29) is 18.0 Å². The third kappa shape index (κ3) is 6.32. The van der Waals surface area contributed by atoms with Crippen LogP contribution in [0.1, 0.15) is 52.3 Å². The summed E-state index contributed by atoms with van der Waals surface area (Å²) in [4.78, 5) is 26.0. The smallest absolute Gasteiger partial charge is 0.407 e. The number of likely N-dealkylation sites (tertiary alicyclic amines) is 1. The topological polar surface area (TPSA) is 83.8 Å². The second-order valence-electron chi connectivity index (χ2n) is 7.52. The second-order valence-corrected chi connectivity index (χ2v) is 7.52. The molecule has 25 heavy (non-hydrogen) atoms. The van der Waals surface area contributed by atoms with E-state index in [0.717, 1.165) is 25.1 Å². The minimum atomic E-state index is -0.509. The molecule has 2 rings (SSSR count). The Labute approximate surface area is 149 Å². The fourth-order valence-electron chi connectivity index (χ4n) is 2.84. The molecule has 1 aliphatic heterocycles. The van der Waals surface area contributed by atoms with Crippen molar-refractivity contribution >= 4 is 12.1 Å². The molecular weight excluding hydrogens is 322 g/mol. The molecule has 1 fully saturated rings. The Morgan fingerprint density at radius 3 is 2.84 bits per heavy atom. The lowest BCUT2D eigenvalue weighted by molar-refractivity contribution is 0.0511. The van der Waals surface area contributed by atoms with Crippen LogP contribution >= 0.6 is 0 Å². The summed E-state index contributed by atoms with van der Waals surface area (Å²) < 4.78 is 10.6. The molecule has 0 radical (unpaired) electrons. The number of nitrogens with one attached hydrogen (secondary N) is 2. The summed E-state index contributed by atoms with van der Waals surface area (Å²) >= 11 is 0. The minimum Gasteiger partial charge on any atom is -0.467 e. The Morgan fingerprint density at radius 2 is 2.20 bits per heavy atom. The van der Waals surface area contributed by atoms with Crippen molar-refractivity contribution in [3.8, 4) is 0 Å². The summed E-state index contributed by atoms with van der Waals surface area (Å²) in [6, 6.07) is 3.36. The molecule has 7 heteroatoms. The first-order valence-electron chi connectivity index (χ1n) is 8.80. The molecule has 0 spiro atoms. The Bertz CT molecular complexity index is 565. The molecule has 1 saturated heterocycles. The van der Waals surface area contributed by atoms with Gasteiger partial charge in [0.15, 0.2) is 0 Å². The molecule has 7 nitrogen and oxygen atoms in total. The quantitative estimate of drug-likeness (QED) is 0.872. The normalized spacial score (nSPS) is 19.2. The Kier molecular flexibility index (Phi) is 6.33. The van der Waals surface area contributed by atoms with Gasteiger partial charge in [-0.2, -0.15) is 0 Å². The highest BCUT2D eigenvalue weighted by Gasteiger charge is 2.26. The number of hydrogen-bond acceptors (Lipinski definition) is 4. The van der Waals surface area contributed by atoms with E-state index < -0.39 is 11.7 Å². The molecule has 2 N–H and O–H groups in total. The minimum absolute atomic E-state index is 0.106. The summed E-state index contributed by atoms with van der Waals surface area (Å²) in [6.45, 7) is 9.24. The van der Waals surface area contributed by atoms with Gasteiger partial charge in [-0.05, 0) is 58.6 Å². The largest absolute Gasteiger partial charge is 0.467 e. The van der Waals surface area contributed by atoms with Gasteiger partial charge < -0.3 is 24.7 Å². The number of piperidine rings is 1. The number of alkyl carbamates (subject to hydrolysis) is 1.